The zero-order chi connectivity index (χ0) is 25.7. The van der Waals surface area contributed by atoms with E-state index in [1.165, 1.54) is 16.4 Å². The molecule has 2 amide bonds. The maximum Gasteiger partial charge on any atom is 0.272 e. The summed E-state index contributed by atoms with van der Waals surface area (Å²) in [4.78, 5) is 29.9. The van der Waals surface area contributed by atoms with Crippen molar-refractivity contribution in [1.82, 2.24) is 20.1 Å². The van der Waals surface area contributed by atoms with E-state index in [1.807, 2.05) is 25.3 Å². The number of nitrogens with one attached hydrogen (secondary N) is 2. The van der Waals surface area contributed by atoms with Crippen LogP contribution in [0.2, 0.25) is 0 Å². The van der Waals surface area contributed by atoms with E-state index in [9.17, 15) is 18.4 Å². The van der Waals surface area contributed by atoms with Crippen molar-refractivity contribution in [3.63, 3.8) is 0 Å². The van der Waals surface area contributed by atoms with E-state index in [0.29, 0.717) is 47.9 Å². The van der Waals surface area contributed by atoms with Crippen LogP contribution < -0.4 is 15.4 Å². The molecule has 0 saturated carbocycles. The smallest absolute Gasteiger partial charge is 0.272 e. The normalized spacial score (nSPS) is 14.9. The number of thioether (sulfide) groups is 1. The summed E-state index contributed by atoms with van der Waals surface area (Å²) in [6, 6.07) is 10.5. The minimum atomic E-state index is -2.54. The average Bonchev–Trinajstić information content (AvgIpc) is 3.21. The fourth-order valence-electron chi connectivity index (χ4n) is 4.02. The van der Waals surface area contributed by atoms with E-state index in [-0.39, 0.29) is 23.6 Å². The van der Waals surface area contributed by atoms with E-state index < -0.39 is 13.0 Å². The highest BCUT2D eigenvalue weighted by Gasteiger charge is 2.33. The predicted octanol–water partition coefficient (Wildman–Crippen LogP) is 3.81. The Labute approximate surface area is 211 Å². The van der Waals surface area contributed by atoms with Crippen molar-refractivity contribution in [1.29, 1.82) is 0 Å². The molecule has 3 aromatic rings. The monoisotopic (exact) mass is 515 g/mol. The number of pyridine rings is 1. The minimum absolute atomic E-state index is 0.181. The first-order valence-corrected chi connectivity index (χ1v) is 12.9. The molecule has 2 N–H and O–H groups in total. The van der Waals surface area contributed by atoms with Gasteiger partial charge in [-0.05, 0) is 55.3 Å². The summed E-state index contributed by atoms with van der Waals surface area (Å²) in [7, 11) is 0. The summed E-state index contributed by atoms with van der Waals surface area (Å²) in [5.41, 5.74) is 2.82. The number of rotatable bonds is 10. The standard InChI is InChI=1S/C25H27F2N5O3S/c1-15-6-9-21(28-12-15)32-24(30-22(33)14-36-2)23-19(31-32)11-17(29-25(23)34)8-7-16-4-3-5-18(10-16)35-13-20(26)27/h3-6,9-10,12,17,20H,7-8,11,13-14H2,1-2H3,(H,29,34)(H,30,33). The van der Waals surface area contributed by atoms with Crippen LogP contribution in [0.5, 0.6) is 5.75 Å². The lowest BCUT2D eigenvalue weighted by atomic mass is 9.96. The van der Waals surface area contributed by atoms with Gasteiger partial charge in [0.15, 0.2) is 11.6 Å². The fraction of sp³-hybridized carbons (Fsp3) is 0.360. The van der Waals surface area contributed by atoms with Crippen LogP contribution >= 0.6 is 11.8 Å². The second-order valence-corrected chi connectivity index (χ2v) is 9.39. The van der Waals surface area contributed by atoms with Crippen LogP contribution in [0.3, 0.4) is 0 Å². The number of hydrogen-bond donors (Lipinski definition) is 2. The van der Waals surface area contributed by atoms with Crippen molar-refractivity contribution >= 4 is 29.4 Å². The quantitative estimate of drug-likeness (QED) is 0.426. The van der Waals surface area contributed by atoms with Crippen LogP contribution in [0.4, 0.5) is 14.6 Å². The summed E-state index contributed by atoms with van der Waals surface area (Å²) in [5.74, 6) is 0.888. The third kappa shape index (κ3) is 6.20. The number of nitrogens with zero attached hydrogens (tertiary/aromatic N) is 3. The number of halogens is 2. The highest BCUT2D eigenvalue weighted by Crippen LogP contribution is 2.28. The van der Waals surface area contributed by atoms with Crippen molar-refractivity contribution in [3.8, 4) is 11.6 Å². The second-order valence-electron chi connectivity index (χ2n) is 8.52. The molecule has 190 valence electrons. The topological polar surface area (TPSA) is 98.1 Å². The molecule has 0 aliphatic carbocycles. The average molecular weight is 516 g/mol. The zero-order valence-electron chi connectivity index (χ0n) is 20.0. The number of carbonyl (C=O) groups is 2. The molecular weight excluding hydrogens is 488 g/mol. The molecule has 1 unspecified atom stereocenters. The van der Waals surface area contributed by atoms with Gasteiger partial charge in [-0.3, -0.25) is 9.59 Å². The van der Waals surface area contributed by atoms with Gasteiger partial charge in [-0.25, -0.2) is 13.8 Å². The van der Waals surface area contributed by atoms with E-state index >= 15 is 0 Å². The molecule has 1 aliphatic heterocycles. The molecule has 11 heteroatoms. The Bertz CT molecular complexity index is 1230. The van der Waals surface area contributed by atoms with Crippen LogP contribution in [0.1, 0.15) is 33.6 Å². The molecule has 3 heterocycles. The summed E-state index contributed by atoms with van der Waals surface area (Å²) in [5, 5.41) is 10.5. The third-order valence-electron chi connectivity index (χ3n) is 5.66. The Morgan fingerprint density at radius 1 is 1.33 bits per heavy atom. The van der Waals surface area contributed by atoms with E-state index in [2.05, 4.69) is 20.7 Å². The van der Waals surface area contributed by atoms with Gasteiger partial charge in [-0.15, -0.1) is 0 Å². The Balaban J connectivity index is 1.53. The number of alkyl halides is 2. The Morgan fingerprint density at radius 3 is 2.89 bits per heavy atom. The molecule has 0 bridgehead atoms. The largest absolute Gasteiger partial charge is 0.488 e. The number of aryl methyl sites for hydroxylation is 2. The van der Waals surface area contributed by atoms with Gasteiger partial charge in [0, 0.05) is 18.7 Å². The van der Waals surface area contributed by atoms with Gasteiger partial charge < -0.3 is 15.4 Å². The van der Waals surface area contributed by atoms with Gasteiger partial charge >= 0.3 is 0 Å². The van der Waals surface area contributed by atoms with Gasteiger partial charge in [0.05, 0.1) is 11.4 Å². The van der Waals surface area contributed by atoms with E-state index in [0.717, 1.165) is 11.1 Å². The molecule has 36 heavy (non-hydrogen) atoms. The van der Waals surface area contributed by atoms with Crippen LogP contribution in [-0.4, -0.2) is 57.7 Å². The molecule has 1 aromatic carbocycles. The summed E-state index contributed by atoms with van der Waals surface area (Å²) >= 11 is 1.38. The molecule has 2 aromatic heterocycles. The maximum atomic E-state index is 13.1. The highest BCUT2D eigenvalue weighted by atomic mass is 32.2. The SMILES string of the molecule is CSCC(=O)Nc1c2c(nn1-c1ccc(C)cn1)CC(CCc1cccc(OCC(F)F)c1)NC2=O. The number of fused-ring (bicyclic) bond motifs is 1. The van der Waals surface area contributed by atoms with Gasteiger partial charge in [0.2, 0.25) is 5.91 Å². The Hall–Kier alpha value is -3.47. The first-order chi connectivity index (χ1) is 17.3. The highest BCUT2D eigenvalue weighted by molar-refractivity contribution is 7.99. The molecule has 0 fully saturated rings. The number of aromatic nitrogens is 3. The van der Waals surface area contributed by atoms with Crippen LogP contribution in [-0.2, 0) is 17.6 Å². The molecule has 1 aliphatic rings. The van der Waals surface area contributed by atoms with Gasteiger partial charge in [-0.1, -0.05) is 18.2 Å². The van der Waals surface area contributed by atoms with Gasteiger partial charge in [0.1, 0.15) is 17.9 Å². The number of hydrogen-bond acceptors (Lipinski definition) is 6. The lowest BCUT2D eigenvalue weighted by molar-refractivity contribution is -0.113. The lowest BCUT2D eigenvalue weighted by Crippen LogP contribution is -2.41. The predicted molar refractivity (Wildman–Crippen MR) is 134 cm³/mol. The summed E-state index contributed by atoms with van der Waals surface area (Å²) in [6.45, 7) is 1.27. The minimum Gasteiger partial charge on any atom is -0.488 e. The van der Waals surface area contributed by atoms with Crippen LogP contribution in [0, 0.1) is 6.92 Å². The Morgan fingerprint density at radius 2 is 2.17 bits per heavy atom. The maximum absolute atomic E-state index is 13.1. The number of carbonyl (C=O) groups excluding carboxylic acids is 2. The first kappa shape index (κ1) is 25.6. The lowest BCUT2D eigenvalue weighted by Gasteiger charge is -2.23. The number of ether oxygens (including phenoxy) is 1. The fourth-order valence-corrected chi connectivity index (χ4v) is 4.35. The van der Waals surface area contributed by atoms with Gasteiger partial charge in [-0.2, -0.15) is 21.5 Å². The van der Waals surface area contributed by atoms with Crippen LogP contribution in [0.15, 0.2) is 42.6 Å². The molecule has 0 radical (unpaired) electrons. The summed E-state index contributed by atoms with van der Waals surface area (Å²) < 4.78 is 31.5. The number of anilines is 1. The second kappa shape index (κ2) is 11.5. The van der Waals surface area contributed by atoms with Crippen molar-refractivity contribution in [2.75, 3.05) is 23.9 Å². The molecule has 0 saturated heterocycles. The number of benzene rings is 1. The molecule has 1 atom stereocenters. The molecule has 0 spiro atoms. The molecule has 8 nitrogen and oxygen atoms in total. The number of amides is 2. The van der Waals surface area contributed by atoms with Crippen molar-refractivity contribution in [2.24, 2.45) is 0 Å². The van der Waals surface area contributed by atoms with Gasteiger partial charge in [0.25, 0.3) is 12.3 Å². The van der Waals surface area contributed by atoms with Crippen LogP contribution in [0.25, 0.3) is 5.82 Å². The zero-order valence-corrected chi connectivity index (χ0v) is 20.8. The van der Waals surface area contributed by atoms with E-state index in [4.69, 9.17) is 4.74 Å². The Kier molecular flexibility index (Phi) is 8.19. The van der Waals surface area contributed by atoms with E-state index in [1.54, 1.807) is 30.5 Å². The molecular formula is C25H27F2N5O3S. The van der Waals surface area contributed by atoms with Crippen molar-refractivity contribution in [3.05, 3.63) is 65.0 Å². The van der Waals surface area contributed by atoms with Crippen molar-refractivity contribution in [2.45, 2.75) is 38.7 Å². The third-order valence-corrected chi connectivity index (χ3v) is 6.21. The van der Waals surface area contributed by atoms with Crippen molar-refractivity contribution < 1.29 is 23.1 Å². The first-order valence-electron chi connectivity index (χ1n) is 11.5. The molecule has 4 rings (SSSR count). The summed E-state index contributed by atoms with van der Waals surface area (Å²) in [6.07, 6.45) is 2.70.